The third-order valence-electron chi connectivity index (χ3n) is 4.66. The largest absolute Gasteiger partial charge is 0.494 e. The van der Waals surface area contributed by atoms with Gasteiger partial charge in [0.25, 0.3) is 5.91 Å². The molecule has 0 saturated carbocycles. The zero-order valence-electron chi connectivity index (χ0n) is 18.6. The number of hydrogen-bond acceptors (Lipinski definition) is 6. The maximum absolute atomic E-state index is 12.5. The van der Waals surface area contributed by atoms with Gasteiger partial charge >= 0.3 is 5.97 Å². The van der Waals surface area contributed by atoms with Crippen molar-refractivity contribution in [1.29, 1.82) is 0 Å². The average molecular weight is 447 g/mol. The van der Waals surface area contributed by atoms with Gasteiger partial charge in [0.05, 0.1) is 25.5 Å². The number of unbranched alkanes of at least 4 members (excludes halogenated alkanes) is 1. The van der Waals surface area contributed by atoms with Crippen LogP contribution in [0.1, 0.15) is 46.0 Å². The lowest BCUT2D eigenvalue weighted by Crippen LogP contribution is -2.17. The predicted octanol–water partition coefficient (Wildman–Crippen LogP) is 4.86. The maximum atomic E-state index is 12.5. The number of hydrazone groups is 1. The van der Waals surface area contributed by atoms with Crippen LogP contribution in [-0.4, -0.2) is 31.8 Å². The van der Waals surface area contributed by atoms with E-state index in [0.717, 1.165) is 12.8 Å². The van der Waals surface area contributed by atoms with Crippen molar-refractivity contribution in [3.8, 4) is 17.2 Å². The van der Waals surface area contributed by atoms with Crippen LogP contribution in [0.15, 0.2) is 77.9 Å². The maximum Gasteiger partial charge on any atom is 0.343 e. The van der Waals surface area contributed by atoms with Gasteiger partial charge in [-0.3, -0.25) is 4.79 Å². The molecule has 3 aromatic carbocycles. The second-order valence-electron chi connectivity index (χ2n) is 7.09. The zero-order chi connectivity index (χ0) is 23.5. The van der Waals surface area contributed by atoms with Crippen LogP contribution in [0.2, 0.25) is 0 Å². The minimum absolute atomic E-state index is 0.274. The smallest absolute Gasteiger partial charge is 0.343 e. The summed E-state index contributed by atoms with van der Waals surface area (Å²) in [6, 6.07) is 20.6. The number of hydrogen-bond donors (Lipinski definition) is 1. The number of rotatable bonds is 10. The highest BCUT2D eigenvalue weighted by atomic mass is 16.6. The van der Waals surface area contributed by atoms with E-state index in [0.29, 0.717) is 34.8 Å². The number of carbonyl (C=O) groups is 2. The van der Waals surface area contributed by atoms with Crippen LogP contribution in [0, 0.1) is 0 Å². The Kier molecular flexibility index (Phi) is 8.59. The standard InChI is InChI=1S/C26H26N2O5/c1-3-4-16-32-22-13-11-21(12-14-22)26(30)33-23-15-10-19(17-24(23)31-2)18-27-28-25(29)20-8-6-5-7-9-20/h5-15,17-18H,3-4,16H2,1-2H3,(H,28,29). The molecule has 33 heavy (non-hydrogen) atoms. The monoisotopic (exact) mass is 446 g/mol. The summed E-state index contributed by atoms with van der Waals surface area (Å²) in [6.45, 7) is 2.74. The van der Waals surface area contributed by atoms with Crippen molar-refractivity contribution in [3.63, 3.8) is 0 Å². The van der Waals surface area contributed by atoms with Gasteiger partial charge in [0.15, 0.2) is 11.5 Å². The van der Waals surface area contributed by atoms with Crippen LogP contribution in [-0.2, 0) is 0 Å². The number of carbonyl (C=O) groups excluding carboxylic acids is 2. The number of nitrogens with one attached hydrogen (secondary N) is 1. The van der Waals surface area contributed by atoms with Crippen molar-refractivity contribution in [1.82, 2.24) is 5.43 Å². The lowest BCUT2D eigenvalue weighted by molar-refractivity contribution is 0.0729. The van der Waals surface area contributed by atoms with Gasteiger partial charge in [-0.25, -0.2) is 10.2 Å². The van der Waals surface area contributed by atoms with E-state index < -0.39 is 5.97 Å². The van der Waals surface area contributed by atoms with Crippen molar-refractivity contribution in [2.45, 2.75) is 19.8 Å². The van der Waals surface area contributed by atoms with E-state index in [2.05, 4.69) is 17.5 Å². The summed E-state index contributed by atoms with van der Waals surface area (Å²) in [4.78, 5) is 24.6. The molecular weight excluding hydrogens is 420 g/mol. The highest BCUT2D eigenvalue weighted by Crippen LogP contribution is 2.28. The number of amides is 1. The van der Waals surface area contributed by atoms with E-state index in [1.54, 1.807) is 66.7 Å². The SMILES string of the molecule is CCCCOc1ccc(C(=O)Oc2ccc(C=NNC(=O)c3ccccc3)cc2OC)cc1. The molecule has 0 aliphatic carbocycles. The van der Waals surface area contributed by atoms with Crippen molar-refractivity contribution in [2.75, 3.05) is 13.7 Å². The molecule has 0 fully saturated rings. The number of esters is 1. The van der Waals surface area contributed by atoms with Crippen molar-refractivity contribution in [3.05, 3.63) is 89.5 Å². The molecule has 0 aromatic heterocycles. The number of nitrogens with zero attached hydrogens (tertiary/aromatic N) is 1. The average Bonchev–Trinajstić information content (AvgIpc) is 2.85. The number of benzene rings is 3. The first-order valence-electron chi connectivity index (χ1n) is 10.6. The topological polar surface area (TPSA) is 86.2 Å². The molecule has 0 heterocycles. The first-order valence-corrected chi connectivity index (χ1v) is 10.6. The van der Waals surface area contributed by atoms with Gasteiger partial charge in [-0.15, -0.1) is 0 Å². The van der Waals surface area contributed by atoms with Crippen molar-refractivity contribution in [2.24, 2.45) is 5.10 Å². The molecule has 0 saturated heterocycles. The van der Waals surface area contributed by atoms with E-state index in [9.17, 15) is 9.59 Å². The molecule has 0 unspecified atom stereocenters. The first-order chi connectivity index (χ1) is 16.1. The van der Waals surface area contributed by atoms with Crippen molar-refractivity contribution < 1.29 is 23.8 Å². The Bertz CT molecular complexity index is 1100. The van der Waals surface area contributed by atoms with Gasteiger partial charge in [0.2, 0.25) is 0 Å². The van der Waals surface area contributed by atoms with Crippen LogP contribution in [0.3, 0.4) is 0 Å². The molecule has 3 aromatic rings. The lowest BCUT2D eigenvalue weighted by Gasteiger charge is -2.10. The first kappa shape index (κ1) is 23.5. The third kappa shape index (κ3) is 6.93. The van der Waals surface area contributed by atoms with E-state index in [-0.39, 0.29) is 11.7 Å². The van der Waals surface area contributed by atoms with Gasteiger partial charge in [0.1, 0.15) is 5.75 Å². The van der Waals surface area contributed by atoms with Crippen LogP contribution >= 0.6 is 0 Å². The molecular formula is C26H26N2O5. The molecule has 1 N–H and O–H groups in total. The molecule has 0 bridgehead atoms. The predicted molar refractivity (Wildman–Crippen MR) is 126 cm³/mol. The van der Waals surface area contributed by atoms with E-state index in [4.69, 9.17) is 14.2 Å². The fourth-order valence-corrected chi connectivity index (χ4v) is 2.85. The molecule has 0 aliphatic heterocycles. The minimum atomic E-state index is -0.509. The summed E-state index contributed by atoms with van der Waals surface area (Å²) in [6.07, 6.45) is 3.51. The number of ether oxygens (including phenoxy) is 3. The zero-order valence-corrected chi connectivity index (χ0v) is 18.6. The van der Waals surface area contributed by atoms with Gasteiger partial charge in [-0.05, 0) is 66.6 Å². The van der Waals surface area contributed by atoms with Crippen LogP contribution in [0.4, 0.5) is 0 Å². The Labute approximate surface area is 193 Å². The Balaban J connectivity index is 1.61. The van der Waals surface area contributed by atoms with Crippen LogP contribution in [0.5, 0.6) is 17.2 Å². The lowest BCUT2D eigenvalue weighted by atomic mass is 10.2. The molecule has 0 atom stereocenters. The van der Waals surface area contributed by atoms with E-state index in [1.165, 1.54) is 13.3 Å². The van der Waals surface area contributed by atoms with Gasteiger partial charge in [-0.1, -0.05) is 31.5 Å². The van der Waals surface area contributed by atoms with Gasteiger partial charge < -0.3 is 14.2 Å². The van der Waals surface area contributed by atoms with Crippen LogP contribution in [0.25, 0.3) is 0 Å². The Morgan fingerprint density at radius 2 is 1.70 bits per heavy atom. The second-order valence-corrected chi connectivity index (χ2v) is 7.09. The highest BCUT2D eigenvalue weighted by molar-refractivity contribution is 5.95. The second kappa shape index (κ2) is 12.0. The molecule has 7 heteroatoms. The van der Waals surface area contributed by atoms with Gasteiger partial charge in [0, 0.05) is 5.56 Å². The fraction of sp³-hybridized carbons (Fsp3) is 0.192. The Morgan fingerprint density at radius 3 is 2.39 bits per heavy atom. The summed E-state index contributed by atoms with van der Waals surface area (Å²) < 4.78 is 16.5. The molecule has 3 rings (SSSR count). The minimum Gasteiger partial charge on any atom is -0.494 e. The third-order valence-corrected chi connectivity index (χ3v) is 4.66. The molecule has 0 spiro atoms. The quantitative estimate of drug-likeness (QED) is 0.158. The van der Waals surface area contributed by atoms with Gasteiger partial charge in [-0.2, -0.15) is 5.10 Å². The summed E-state index contributed by atoms with van der Waals surface area (Å²) in [5.74, 6) is 0.522. The van der Waals surface area contributed by atoms with Crippen LogP contribution < -0.4 is 19.6 Å². The Hall–Kier alpha value is -4.13. The molecule has 7 nitrogen and oxygen atoms in total. The normalized spacial score (nSPS) is 10.6. The summed E-state index contributed by atoms with van der Waals surface area (Å²) in [7, 11) is 1.48. The van der Waals surface area contributed by atoms with E-state index >= 15 is 0 Å². The van der Waals surface area contributed by atoms with Crippen molar-refractivity contribution >= 4 is 18.1 Å². The fourth-order valence-electron chi connectivity index (χ4n) is 2.85. The molecule has 0 aliphatic rings. The number of methoxy groups -OCH3 is 1. The summed E-state index contributed by atoms with van der Waals surface area (Å²) in [5, 5.41) is 3.97. The summed E-state index contributed by atoms with van der Waals surface area (Å²) in [5.41, 5.74) is 4.04. The van der Waals surface area contributed by atoms with E-state index in [1.807, 2.05) is 6.07 Å². The molecule has 1 amide bonds. The molecule has 0 radical (unpaired) electrons. The highest BCUT2D eigenvalue weighted by Gasteiger charge is 2.13. The summed E-state index contributed by atoms with van der Waals surface area (Å²) >= 11 is 0. The Morgan fingerprint density at radius 1 is 0.939 bits per heavy atom. The molecule has 170 valence electrons.